The van der Waals surface area contributed by atoms with Gasteiger partial charge in [-0.2, -0.15) is 0 Å². The number of anilines is 2. The number of methoxy groups -OCH3 is 1. The number of fused-ring (bicyclic) bond motifs is 3. The average molecular weight is 480 g/mol. The highest BCUT2D eigenvalue weighted by molar-refractivity contribution is 7.19. The summed E-state index contributed by atoms with van der Waals surface area (Å²) in [5, 5.41) is 4.27. The fourth-order valence-corrected chi connectivity index (χ4v) is 6.35. The van der Waals surface area contributed by atoms with Crippen LogP contribution in [0.1, 0.15) is 43.0 Å². The fourth-order valence-electron chi connectivity index (χ4n) is 4.96. The summed E-state index contributed by atoms with van der Waals surface area (Å²) in [7, 11) is 1.63. The smallest absolute Gasteiger partial charge is 0.321 e. The lowest BCUT2D eigenvalue weighted by molar-refractivity contribution is 0.208. The van der Waals surface area contributed by atoms with E-state index in [4.69, 9.17) is 14.7 Å². The number of thiophene rings is 1. The lowest BCUT2D eigenvalue weighted by Gasteiger charge is -2.36. The van der Waals surface area contributed by atoms with Gasteiger partial charge in [0.1, 0.15) is 22.2 Å². The van der Waals surface area contributed by atoms with Gasteiger partial charge in [0, 0.05) is 49.2 Å². The summed E-state index contributed by atoms with van der Waals surface area (Å²) in [6.45, 7) is 7.38. The van der Waals surface area contributed by atoms with Gasteiger partial charge in [-0.1, -0.05) is 19.9 Å². The van der Waals surface area contributed by atoms with E-state index in [-0.39, 0.29) is 6.03 Å². The van der Waals surface area contributed by atoms with E-state index in [1.165, 1.54) is 22.2 Å². The second-order valence-corrected chi connectivity index (χ2v) is 10.5. The molecule has 34 heavy (non-hydrogen) atoms. The summed E-state index contributed by atoms with van der Waals surface area (Å²) in [4.78, 5) is 29.8. The van der Waals surface area contributed by atoms with Crippen molar-refractivity contribution >= 4 is 39.1 Å². The molecule has 0 radical (unpaired) electrons. The van der Waals surface area contributed by atoms with E-state index in [0.717, 1.165) is 72.6 Å². The van der Waals surface area contributed by atoms with Crippen molar-refractivity contribution in [2.24, 2.45) is 5.92 Å². The van der Waals surface area contributed by atoms with E-state index >= 15 is 0 Å². The number of piperazine rings is 1. The number of amides is 2. The molecule has 3 aromatic rings. The summed E-state index contributed by atoms with van der Waals surface area (Å²) in [5.74, 6) is 3.48. The van der Waals surface area contributed by atoms with Gasteiger partial charge in [0.15, 0.2) is 0 Å². The largest absolute Gasteiger partial charge is 0.497 e. The van der Waals surface area contributed by atoms with Crippen LogP contribution in [0.5, 0.6) is 5.75 Å². The molecule has 2 aliphatic rings. The minimum atomic E-state index is -0.0747. The number of hydrogen-bond donors (Lipinski definition) is 1. The maximum Gasteiger partial charge on any atom is 0.321 e. The second-order valence-electron chi connectivity index (χ2n) is 9.38. The molecular formula is C26H33N5O2S. The minimum Gasteiger partial charge on any atom is -0.497 e. The molecule has 180 valence electrons. The van der Waals surface area contributed by atoms with Gasteiger partial charge >= 0.3 is 6.03 Å². The molecule has 2 aromatic heterocycles. The Hall–Kier alpha value is -2.87. The Morgan fingerprint density at radius 1 is 1.24 bits per heavy atom. The second kappa shape index (κ2) is 9.78. The van der Waals surface area contributed by atoms with Gasteiger partial charge in [0.25, 0.3) is 0 Å². The molecule has 8 heteroatoms. The Balaban J connectivity index is 1.35. The fraction of sp³-hybridized carbons (Fsp3) is 0.500. The first-order chi connectivity index (χ1) is 16.6. The number of aryl methyl sites for hydroxylation is 2. The number of urea groups is 1. The molecule has 1 aromatic carbocycles. The van der Waals surface area contributed by atoms with Crippen molar-refractivity contribution in [1.82, 2.24) is 14.9 Å². The molecule has 1 unspecified atom stereocenters. The number of nitrogens with zero attached hydrogens (tertiary/aromatic N) is 4. The molecule has 5 rings (SSSR count). The number of aromatic nitrogens is 2. The zero-order valence-electron chi connectivity index (χ0n) is 20.3. The maximum absolute atomic E-state index is 12.9. The van der Waals surface area contributed by atoms with Crippen LogP contribution in [0.2, 0.25) is 0 Å². The van der Waals surface area contributed by atoms with E-state index < -0.39 is 0 Å². The number of benzene rings is 1. The van der Waals surface area contributed by atoms with Crippen molar-refractivity contribution in [2.75, 3.05) is 43.5 Å². The van der Waals surface area contributed by atoms with Crippen LogP contribution in [-0.2, 0) is 19.3 Å². The minimum absolute atomic E-state index is 0.0747. The Morgan fingerprint density at radius 2 is 2.06 bits per heavy atom. The van der Waals surface area contributed by atoms with Crippen LogP contribution >= 0.6 is 11.3 Å². The molecule has 1 fully saturated rings. The standard InChI is InChI=1S/C26H33N5O2S/c1-4-6-22-28-24(23-20-10-9-17(2)15-21(20)34-25(23)29-22)30-11-13-31(14-12-30)26(32)27-18-7-5-8-19(16-18)33-3/h5,7-8,16-17H,4,6,9-15H2,1-3H3,(H,27,32). The Labute approximate surface area is 205 Å². The molecular weight excluding hydrogens is 446 g/mol. The van der Waals surface area contributed by atoms with E-state index in [1.807, 2.05) is 40.5 Å². The first-order valence-electron chi connectivity index (χ1n) is 12.3. The third-order valence-electron chi connectivity index (χ3n) is 6.84. The molecule has 7 nitrogen and oxygen atoms in total. The molecule has 2 amide bonds. The van der Waals surface area contributed by atoms with Gasteiger partial charge in [-0.15, -0.1) is 11.3 Å². The first kappa shape index (κ1) is 22.9. The molecule has 1 saturated heterocycles. The van der Waals surface area contributed by atoms with Crippen LogP contribution in [0.4, 0.5) is 16.3 Å². The Bertz CT molecular complexity index is 1190. The van der Waals surface area contributed by atoms with Gasteiger partial charge in [-0.3, -0.25) is 0 Å². The van der Waals surface area contributed by atoms with Crippen molar-refractivity contribution in [3.63, 3.8) is 0 Å². The van der Waals surface area contributed by atoms with Crippen LogP contribution < -0.4 is 15.0 Å². The van der Waals surface area contributed by atoms with Crippen molar-refractivity contribution in [3.8, 4) is 5.75 Å². The van der Waals surface area contributed by atoms with Crippen LogP contribution in [-0.4, -0.2) is 54.2 Å². The Kier molecular flexibility index (Phi) is 6.59. The molecule has 0 bridgehead atoms. The molecule has 1 aliphatic carbocycles. The van der Waals surface area contributed by atoms with Gasteiger partial charge in [-0.25, -0.2) is 14.8 Å². The summed E-state index contributed by atoms with van der Waals surface area (Å²) < 4.78 is 5.26. The molecule has 1 aliphatic heterocycles. The number of ether oxygens (including phenoxy) is 1. The molecule has 3 heterocycles. The molecule has 0 saturated carbocycles. The zero-order valence-corrected chi connectivity index (χ0v) is 21.1. The van der Waals surface area contributed by atoms with Gasteiger partial charge in [0.2, 0.25) is 0 Å². The van der Waals surface area contributed by atoms with E-state index in [0.29, 0.717) is 13.1 Å². The van der Waals surface area contributed by atoms with Crippen molar-refractivity contribution in [1.29, 1.82) is 0 Å². The summed E-state index contributed by atoms with van der Waals surface area (Å²) in [6.07, 6.45) is 5.42. The summed E-state index contributed by atoms with van der Waals surface area (Å²) in [5.41, 5.74) is 2.21. The Morgan fingerprint density at radius 3 is 2.82 bits per heavy atom. The number of rotatable bonds is 5. The molecule has 0 spiro atoms. The van der Waals surface area contributed by atoms with E-state index in [2.05, 4.69) is 24.1 Å². The average Bonchev–Trinajstić information content (AvgIpc) is 3.21. The first-order valence-corrected chi connectivity index (χ1v) is 13.1. The number of carbonyl (C=O) groups excluding carboxylic acids is 1. The van der Waals surface area contributed by atoms with E-state index in [9.17, 15) is 4.79 Å². The predicted molar refractivity (Wildman–Crippen MR) is 138 cm³/mol. The zero-order chi connectivity index (χ0) is 23.7. The summed E-state index contributed by atoms with van der Waals surface area (Å²) in [6, 6.07) is 7.39. The quantitative estimate of drug-likeness (QED) is 0.549. The lowest BCUT2D eigenvalue weighted by Crippen LogP contribution is -2.50. The monoisotopic (exact) mass is 479 g/mol. The van der Waals surface area contributed by atoms with Gasteiger partial charge in [-0.05, 0) is 49.3 Å². The normalized spacial score (nSPS) is 18.1. The highest BCUT2D eigenvalue weighted by Crippen LogP contribution is 2.41. The highest BCUT2D eigenvalue weighted by Gasteiger charge is 2.28. The van der Waals surface area contributed by atoms with Gasteiger partial charge < -0.3 is 19.9 Å². The SMILES string of the molecule is CCCc1nc(N2CCN(C(=O)Nc3cccc(OC)c3)CC2)c2c3c(sc2n1)CC(C)CC3. The van der Waals surface area contributed by atoms with Crippen LogP contribution in [0.25, 0.3) is 10.2 Å². The third-order valence-corrected chi connectivity index (χ3v) is 7.99. The predicted octanol–water partition coefficient (Wildman–Crippen LogP) is 5.13. The molecule has 1 N–H and O–H groups in total. The number of hydrogen-bond acceptors (Lipinski definition) is 6. The summed E-state index contributed by atoms with van der Waals surface area (Å²) >= 11 is 1.87. The number of carbonyl (C=O) groups is 1. The van der Waals surface area contributed by atoms with Crippen LogP contribution in [0, 0.1) is 5.92 Å². The van der Waals surface area contributed by atoms with E-state index in [1.54, 1.807) is 7.11 Å². The maximum atomic E-state index is 12.9. The van der Waals surface area contributed by atoms with Crippen LogP contribution in [0.15, 0.2) is 24.3 Å². The van der Waals surface area contributed by atoms with Crippen molar-refractivity contribution in [2.45, 2.75) is 46.0 Å². The van der Waals surface area contributed by atoms with Crippen molar-refractivity contribution < 1.29 is 9.53 Å². The third kappa shape index (κ3) is 4.56. The van der Waals surface area contributed by atoms with Gasteiger partial charge in [0.05, 0.1) is 12.5 Å². The highest BCUT2D eigenvalue weighted by atomic mass is 32.1. The molecule has 1 atom stereocenters. The lowest BCUT2D eigenvalue weighted by atomic mass is 9.89. The van der Waals surface area contributed by atoms with Crippen molar-refractivity contribution in [3.05, 3.63) is 40.5 Å². The van der Waals surface area contributed by atoms with Crippen LogP contribution in [0.3, 0.4) is 0 Å². The topological polar surface area (TPSA) is 70.6 Å². The number of nitrogens with one attached hydrogen (secondary N) is 1.